The Morgan fingerprint density at radius 2 is 1.52 bits per heavy atom. The first kappa shape index (κ1) is 25.2. The van der Waals surface area contributed by atoms with E-state index in [9.17, 15) is 19.8 Å². The number of carbonyl (C=O) groups is 2. The Balaban J connectivity index is 3.04. The highest BCUT2D eigenvalue weighted by Gasteiger charge is 2.49. The lowest BCUT2D eigenvalue weighted by molar-refractivity contribution is -0.166. The Labute approximate surface area is 176 Å². The van der Waals surface area contributed by atoms with E-state index >= 15 is 0 Å². The summed E-state index contributed by atoms with van der Waals surface area (Å²) in [6.07, 6.45) is 1.09. The molecule has 164 valence electrons. The third-order valence-electron chi connectivity index (χ3n) is 6.78. The number of benzene rings is 1. The van der Waals surface area contributed by atoms with Crippen LogP contribution in [0.25, 0.3) is 0 Å². The van der Waals surface area contributed by atoms with Gasteiger partial charge < -0.3 is 14.6 Å². The summed E-state index contributed by atoms with van der Waals surface area (Å²) >= 11 is 0. The molecule has 29 heavy (non-hydrogen) atoms. The predicted molar refractivity (Wildman–Crippen MR) is 119 cm³/mol. The molecule has 5 nitrogen and oxygen atoms in total. The summed E-state index contributed by atoms with van der Waals surface area (Å²) in [5, 5.41) is 19.7. The molecular weight excluding hydrogens is 384 g/mol. The average molecular weight is 423 g/mol. The van der Waals surface area contributed by atoms with Gasteiger partial charge in [0.15, 0.2) is 0 Å². The molecule has 0 saturated carbocycles. The maximum absolute atomic E-state index is 12.0. The Bertz CT molecular complexity index is 699. The quantitative estimate of drug-likeness (QED) is 0.463. The SMILES string of the molecule is CCC(CC)(C(=O)O)C(C(=O)O)C(C)Cc1ccc(O[Si](C)(C)C(C)(C)C)cc1. The van der Waals surface area contributed by atoms with Gasteiger partial charge >= 0.3 is 11.9 Å². The molecule has 0 aliphatic rings. The molecule has 2 atom stereocenters. The topological polar surface area (TPSA) is 83.8 Å². The van der Waals surface area contributed by atoms with E-state index in [4.69, 9.17) is 4.43 Å². The Hall–Kier alpha value is -1.82. The molecule has 0 aromatic heterocycles. The lowest BCUT2D eigenvalue weighted by atomic mass is 9.65. The third kappa shape index (κ3) is 5.62. The number of rotatable bonds is 10. The molecule has 0 aliphatic carbocycles. The average Bonchev–Trinajstić information content (AvgIpc) is 2.59. The highest BCUT2D eigenvalue weighted by molar-refractivity contribution is 6.74. The van der Waals surface area contributed by atoms with E-state index in [0.717, 1.165) is 11.3 Å². The van der Waals surface area contributed by atoms with Crippen LogP contribution in [0.5, 0.6) is 5.75 Å². The number of aliphatic carboxylic acids is 2. The highest BCUT2D eigenvalue weighted by Crippen LogP contribution is 2.42. The van der Waals surface area contributed by atoms with Crippen molar-refractivity contribution >= 4 is 20.3 Å². The zero-order valence-corrected chi connectivity index (χ0v) is 20.2. The summed E-state index contributed by atoms with van der Waals surface area (Å²) in [5.41, 5.74) is -0.269. The van der Waals surface area contributed by atoms with Crippen LogP contribution in [-0.2, 0) is 16.0 Å². The van der Waals surface area contributed by atoms with Gasteiger partial charge in [-0.2, -0.15) is 0 Å². The van der Waals surface area contributed by atoms with Gasteiger partial charge in [-0.25, -0.2) is 0 Å². The summed E-state index contributed by atoms with van der Waals surface area (Å²) in [7, 11) is -1.92. The number of hydrogen-bond acceptors (Lipinski definition) is 3. The van der Waals surface area contributed by atoms with Crippen LogP contribution in [0.1, 0.15) is 59.9 Å². The molecule has 2 N–H and O–H groups in total. The van der Waals surface area contributed by atoms with Gasteiger partial charge in [-0.3, -0.25) is 9.59 Å². The number of carboxylic acid groups (broad SMARTS) is 2. The van der Waals surface area contributed by atoms with Crippen molar-refractivity contribution in [1.29, 1.82) is 0 Å². The van der Waals surface area contributed by atoms with E-state index in [1.807, 2.05) is 31.2 Å². The van der Waals surface area contributed by atoms with Gasteiger partial charge in [0.2, 0.25) is 8.32 Å². The van der Waals surface area contributed by atoms with Crippen molar-refractivity contribution in [2.75, 3.05) is 0 Å². The first-order chi connectivity index (χ1) is 13.2. The highest BCUT2D eigenvalue weighted by atomic mass is 28.4. The summed E-state index contributed by atoms with van der Waals surface area (Å²) in [5.74, 6) is -2.50. The standard InChI is InChI=1S/C23H38O5Si/c1-9-23(10-2,21(26)27)19(20(24)25)16(3)15-17-11-13-18(14-12-17)28-29(7,8)22(4,5)6/h11-14,16,19H,9-10,15H2,1-8H3,(H,24,25)(H,26,27). The van der Waals surface area contributed by atoms with Gasteiger partial charge in [0.1, 0.15) is 5.75 Å². The molecule has 0 fully saturated rings. The molecule has 0 bridgehead atoms. The fourth-order valence-electron chi connectivity index (χ4n) is 3.78. The summed E-state index contributed by atoms with van der Waals surface area (Å²) in [6.45, 7) is 16.3. The largest absolute Gasteiger partial charge is 0.544 e. The van der Waals surface area contributed by atoms with Crippen LogP contribution in [0.15, 0.2) is 24.3 Å². The number of hydrogen-bond donors (Lipinski definition) is 2. The maximum atomic E-state index is 12.0. The van der Waals surface area contributed by atoms with Gasteiger partial charge in [-0.05, 0) is 61.0 Å². The minimum Gasteiger partial charge on any atom is -0.544 e. The van der Waals surface area contributed by atoms with Crippen molar-refractivity contribution in [3.05, 3.63) is 29.8 Å². The Morgan fingerprint density at radius 1 is 1.03 bits per heavy atom. The van der Waals surface area contributed by atoms with E-state index in [1.54, 1.807) is 13.8 Å². The van der Waals surface area contributed by atoms with Gasteiger partial charge in [0.25, 0.3) is 0 Å². The van der Waals surface area contributed by atoms with Gasteiger partial charge in [-0.1, -0.05) is 53.7 Å². The fraction of sp³-hybridized carbons (Fsp3) is 0.652. The van der Waals surface area contributed by atoms with Crippen LogP contribution < -0.4 is 4.43 Å². The second-order valence-corrected chi connectivity index (χ2v) is 14.4. The van der Waals surface area contributed by atoms with Gasteiger partial charge in [0.05, 0.1) is 11.3 Å². The molecule has 0 spiro atoms. The minimum atomic E-state index is -1.92. The third-order valence-corrected chi connectivity index (χ3v) is 11.1. The smallest absolute Gasteiger partial charge is 0.310 e. The molecule has 1 rings (SSSR count). The van der Waals surface area contributed by atoms with Gasteiger partial charge in [-0.15, -0.1) is 0 Å². The van der Waals surface area contributed by atoms with Crippen LogP contribution in [0.3, 0.4) is 0 Å². The van der Waals surface area contributed by atoms with Crippen LogP contribution in [-0.4, -0.2) is 30.5 Å². The van der Waals surface area contributed by atoms with E-state index in [1.165, 1.54) is 0 Å². The number of carboxylic acids is 2. The lowest BCUT2D eigenvalue weighted by Crippen LogP contribution is -2.45. The van der Waals surface area contributed by atoms with Crippen molar-refractivity contribution in [2.24, 2.45) is 17.3 Å². The van der Waals surface area contributed by atoms with Crippen molar-refractivity contribution in [1.82, 2.24) is 0 Å². The molecule has 0 saturated heterocycles. The second kappa shape index (κ2) is 9.33. The van der Waals surface area contributed by atoms with Crippen LogP contribution in [0.4, 0.5) is 0 Å². The van der Waals surface area contributed by atoms with E-state index < -0.39 is 31.6 Å². The summed E-state index contributed by atoms with van der Waals surface area (Å²) in [6, 6.07) is 7.78. The molecule has 0 amide bonds. The van der Waals surface area contributed by atoms with E-state index in [0.29, 0.717) is 19.3 Å². The zero-order valence-electron chi connectivity index (χ0n) is 19.2. The first-order valence-corrected chi connectivity index (χ1v) is 13.4. The van der Waals surface area contributed by atoms with Gasteiger partial charge in [0, 0.05) is 0 Å². The van der Waals surface area contributed by atoms with Crippen LogP contribution in [0.2, 0.25) is 18.1 Å². The zero-order chi connectivity index (χ0) is 22.6. The van der Waals surface area contributed by atoms with E-state index in [2.05, 4.69) is 33.9 Å². The maximum Gasteiger partial charge on any atom is 0.310 e. The first-order valence-electron chi connectivity index (χ1n) is 10.5. The minimum absolute atomic E-state index is 0.107. The molecule has 0 radical (unpaired) electrons. The second-order valence-electron chi connectivity index (χ2n) is 9.67. The van der Waals surface area contributed by atoms with Crippen molar-refractivity contribution in [2.45, 2.75) is 78.9 Å². The van der Waals surface area contributed by atoms with Crippen LogP contribution >= 0.6 is 0 Å². The van der Waals surface area contributed by atoms with E-state index in [-0.39, 0.29) is 11.0 Å². The molecule has 0 heterocycles. The lowest BCUT2D eigenvalue weighted by Gasteiger charge is -2.37. The monoisotopic (exact) mass is 422 g/mol. The van der Waals surface area contributed by atoms with Crippen molar-refractivity contribution in [3.8, 4) is 5.75 Å². The molecular formula is C23H38O5Si. The Kier molecular flexibility index (Phi) is 8.11. The Morgan fingerprint density at radius 3 is 1.86 bits per heavy atom. The summed E-state index contributed by atoms with van der Waals surface area (Å²) < 4.78 is 6.30. The van der Waals surface area contributed by atoms with Crippen molar-refractivity contribution in [3.63, 3.8) is 0 Å². The predicted octanol–water partition coefficient (Wildman–Crippen LogP) is 5.84. The molecule has 1 aromatic carbocycles. The molecule has 1 aromatic rings. The molecule has 6 heteroatoms. The normalized spacial score (nSPS) is 14.9. The van der Waals surface area contributed by atoms with Crippen molar-refractivity contribution < 1.29 is 24.2 Å². The summed E-state index contributed by atoms with van der Waals surface area (Å²) in [4.78, 5) is 24.0. The molecule has 2 unspecified atom stereocenters. The molecule has 0 aliphatic heterocycles. The van der Waals surface area contributed by atoms with Crippen LogP contribution in [0, 0.1) is 17.3 Å². The fourth-order valence-corrected chi connectivity index (χ4v) is 4.81.